The number of ether oxygens (including phenoxy) is 1. The Labute approximate surface area is 207 Å². The van der Waals surface area contributed by atoms with Gasteiger partial charge in [-0.2, -0.15) is 0 Å². The van der Waals surface area contributed by atoms with Crippen molar-refractivity contribution in [1.29, 1.82) is 0 Å². The Morgan fingerprint density at radius 3 is 2.11 bits per heavy atom. The van der Waals surface area contributed by atoms with Gasteiger partial charge < -0.3 is 4.74 Å². The molecule has 1 fully saturated rings. The molecule has 2 aliphatic rings. The number of unbranched alkanes of at least 4 members (excludes halogenated alkanes) is 2. The van der Waals surface area contributed by atoms with Crippen LogP contribution in [0, 0.1) is 29.2 Å². The van der Waals surface area contributed by atoms with Crippen LogP contribution in [0.25, 0.3) is 0 Å². The number of benzene rings is 2. The van der Waals surface area contributed by atoms with Crippen LogP contribution in [-0.2, 0) is 12.8 Å². The summed E-state index contributed by atoms with van der Waals surface area (Å²) in [5.74, 6) is -5.66. The van der Waals surface area contributed by atoms with Gasteiger partial charge >= 0.3 is 6.36 Å². The van der Waals surface area contributed by atoms with Gasteiger partial charge in [-0.1, -0.05) is 32.6 Å². The maximum absolute atomic E-state index is 15.2. The van der Waals surface area contributed by atoms with Crippen LogP contribution in [0.4, 0.5) is 30.7 Å². The Morgan fingerprint density at radius 1 is 0.833 bits per heavy atom. The van der Waals surface area contributed by atoms with Crippen LogP contribution in [0.2, 0.25) is 0 Å². The zero-order valence-electron chi connectivity index (χ0n) is 20.3. The highest BCUT2D eigenvalue weighted by molar-refractivity contribution is 5.43. The molecule has 0 bridgehead atoms. The molecule has 8 heteroatoms. The van der Waals surface area contributed by atoms with E-state index in [1.165, 1.54) is 37.8 Å². The molecule has 36 heavy (non-hydrogen) atoms. The van der Waals surface area contributed by atoms with Crippen LogP contribution < -0.4 is 4.74 Å². The van der Waals surface area contributed by atoms with Gasteiger partial charge in [-0.25, -0.2) is 17.6 Å². The van der Waals surface area contributed by atoms with E-state index in [1.807, 2.05) is 0 Å². The first-order valence-corrected chi connectivity index (χ1v) is 12.8. The van der Waals surface area contributed by atoms with E-state index in [1.54, 1.807) is 0 Å². The van der Waals surface area contributed by atoms with Crippen molar-refractivity contribution < 1.29 is 35.5 Å². The smallest absolute Gasteiger partial charge is 0.399 e. The molecule has 2 aromatic carbocycles. The highest BCUT2D eigenvalue weighted by Gasteiger charge is 2.37. The van der Waals surface area contributed by atoms with E-state index in [-0.39, 0.29) is 41.9 Å². The zero-order chi connectivity index (χ0) is 26.0. The standard InChI is InChI=1S/C28H31F7O/c1-2-3-4-5-16-6-8-17(9-7-16)19-13-22(29)25(23(30)14-19)18-10-11-21-20(12-18)15-24(31)27(26(21)32)36-28(33,34)35/h13-18H,2-12H2,1H3. The van der Waals surface area contributed by atoms with Crippen molar-refractivity contribution in [2.24, 2.45) is 5.92 Å². The molecule has 2 aromatic rings. The summed E-state index contributed by atoms with van der Waals surface area (Å²) in [7, 11) is 0. The van der Waals surface area contributed by atoms with E-state index in [0.29, 0.717) is 11.5 Å². The molecule has 0 aromatic heterocycles. The minimum atomic E-state index is -5.24. The molecule has 1 atom stereocenters. The predicted molar refractivity (Wildman–Crippen MR) is 123 cm³/mol. The summed E-state index contributed by atoms with van der Waals surface area (Å²) in [5, 5.41) is 0. The van der Waals surface area contributed by atoms with Gasteiger partial charge in [0.2, 0.25) is 5.75 Å². The lowest BCUT2D eigenvalue weighted by Crippen LogP contribution is -2.22. The summed E-state index contributed by atoms with van der Waals surface area (Å²) in [6.07, 6.45) is 3.46. The van der Waals surface area contributed by atoms with Crippen molar-refractivity contribution in [3.63, 3.8) is 0 Å². The molecule has 0 spiro atoms. The lowest BCUT2D eigenvalue weighted by Gasteiger charge is -2.30. The third kappa shape index (κ3) is 6.00. The average molecular weight is 517 g/mol. The largest absolute Gasteiger partial charge is 0.573 e. The molecule has 0 amide bonds. The fraction of sp³-hybridized carbons (Fsp3) is 0.571. The Bertz CT molecular complexity index is 1050. The van der Waals surface area contributed by atoms with Gasteiger partial charge in [0.1, 0.15) is 11.6 Å². The van der Waals surface area contributed by atoms with Crippen molar-refractivity contribution >= 4 is 0 Å². The van der Waals surface area contributed by atoms with E-state index < -0.39 is 41.3 Å². The molecule has 0 saturated heterocycles. The van der Waals surface area contributed by atoms with E-state index in [4.69, 9.17) is 0 Å². The third-order valence-corrected chi connectivity index (χ3v) is 7.84. The molecule has 1 unspecified atom stereocenters. The van der Waals surface area contributed by atoms with Gasteiger partial charge in [0, 0.05) is 5.56 Å². The Hall–Kier alpha value is -2.25. The SMILES string of the molecule is CCCCCC1CCC(c2cc(F)c(C3CCc4c(cc(F)c(OC(F)(F)F)c4F)C3)c(F)c2)CC1. The summed E-state index contributed by atoms with van der Waals surface area (Å²) in [5.41, 5.74) is 0.497. The Kier molecular flexibility index (Phi) is 8.20. The second-order valence-electron chi connectivity index (χ2n) is 10.2. The second-order valence-corrected chi connectivity index (χ2v) is 10.2. The minimum absolute atomic E-state index is 0.0779. The molecule has 2 aliphatic carbocycles. The first-order chi connectivity index (χ1) is 17.1. The van der Waals surface area contributed by atoms with Crippen LogP contribution in [0.1, 0.15) is 98.8 Å². The molecule has 1 saturated carbocycles. The number of rotatable bonds is 7. The molecule has 0 N–H and O–H groups in total. The van der Waals surface area contributed by atoms with E-state index >= 15 is 8.78 Å². The highest BCUT2D eigenvalue weighted by Crippen LogP contribution is 2.43. The van der Waals surface area contributed by atoms with Gasteiger partial charge in [-0.15, -0.1) is 13.2 Å². The molecule has 198 valence electrons. The summed E-state index contributed by atoms with van der Waals surface area (Å²) >= 11 is 0. The van der Waals surface area contributed by atoms with Gasteiger partial charge in [-0.3, -0.25) is 0 Å². The lowest BCUT2D eigenvalue weighted by molar-refractivity contribution is -0.276. The van der Waals surface area contributed by atoms with E-state index in [2.05, 4.69) is 11.7 Å². The van der Waals surface area contributed by atoms with Crippen LogP contribution in [0.15, 0.2) is 18.2 Å². The monoisotopic (exact) mass is 516 g/mol. The van der Waals surface area contributed by atoms with Crippen molar-refractivity contribution in [2.75, 3.05) is 0 Å². The van der Waals surface area contributed by atoms with Crippen LogP contribution >= 0.6 is 0 Å². The summed E-state index contributed by atoms with van der Waals surface area (Å²) in [6.45, 7) is 2.18. The molecule has 0 aliphatic heterocycles. The zero-order valence-corrected chi connectivity index (χ0v) is 20.3. The lowest BCUT2D eigenvalue weighted by atomic mass is 9.75. The number of fused-ring (bicyclic) bond motifs is 1. The maximum Gasteiger partial charge on any atom is 0.573 e. The molecular formula is C28H31F7O. The highest BCUT2D eigenvalue weighted by atomic mass is 19.4. The molecule has 4 rings (SSSR count). The van der Waals surface area contributed by atoms with Gasteiger partial charge in [0.15, 0.2) is 11.6 Å². The quantitative estimate of drug-likeness (QED) is 0.263. The Balaban J connectivity index is 1.48. The van der Waals surface area contributed by atoms with Crippen molar-refractivity contribution in [1.82, 2.24) is 0 Å². The van der Waals surface area contributed by atoms with Crippen LogP contribution in [0.5, 0.6) is 5.75 Å². The molecular weight excluding hydrogens is 485 g/mol. The fourth-order valence-corrected chi connectivity index (χ4v) is 5.98. The average Bonchev–Trinajstić information content (AvgIpc) is 2.81. The topological polar surface area (TPSA) is 9.23 Å². The summed E-state index contributed by atoms with van der Waals surface area (Å²) in [4.78, 5) is 0. The van der Waals surface area contributed by atoms with Crippen molar-refractivity contribution in [3.05, 3.63) is 63.7 Å². The minimum Gasteiger partial charge on any atom is -0.399 e. The van der Waals surface area contributed by atoms with Crippen molar-refractivity contribution in [2.45, 2.75) is 95.8 Å². The summed E-state index contributed by atoms with van der Waals surface area (Å²) in [6, 6.07) is 3.55. The fourth-order valence-electron chi connectivity index (χ4n) is 5.98. The number of alkyl halides is 3. The maximum atomic E-state index is 15.2. The number of halogens is 7. The second kappa shape index (κ2) is 11.0. The first-order valence-electron chi connectivity index (χ1n) is 12.8. The molecule has 1 nitrogen and oxygen atoms in total. The molecule has 0 radical (unpaired) electrons. The number of hydrogen-bond donors (Lipinski definition) is 0. The van der Waals surface area contributed by atoms with E-state index in [9.17, 15) is 22.0 Å². The van der Waals surface area contributed by atoms with Gasteiger partial charge in [0.25, 0.3) is 0 Å². The van der Waals surface area contributed by atoms with Crippen LogP contribution in [0.3, 0.4) is 0 Å². The summed E-state index contributed by atoms with van der Waals surface area (Å²) < 4.78 is 100. The predicted octanol–water partition coefficient (Wildman–Crippen LogP) is 9.27. The Morgan fingerprint density at radius 2 is 1.50 bits per heavy atom. The normalized spacial score (nSPS) is 22.4. The van der Waals surface area contributed by atoms with Gasteiger partial charge in [0.05, 0.1) is 0 Å². The third-order valence-electron chi connectivity index (χ3n) is 7.84. The van der Waals surface area contributed by atoms with Crippen LogP contribution in [-0.4, -0.2) is 6.36 Å². The van der Waals surface area contributed by atoms with Crippen molar-refractivity contribution in [3.8, 4) is 5.75 Å². The van der Waals surface area contributed by atoms with E-state index in [0.717, 1.165) is 31.7 Å². The van der Waals surface area contributed by atoms with Gasteiger partial charge in [-0.05, 0) is 97.6 Å². The first kappa shape index (κ1) is 26.8. The molecule has 0 heterocycles. The number of hydrogen-bond acceptors (Lipinski definition) is 1.